The largest absolute Gasteiger partial charge is 0.339 e. The number of aromatic nitrogens is 2. The lowest BCUT2D eigenvalue weighted by atomic mass is 10.2. The molecule has 17 heavy (non-hydrogen) atoms. The van der Waals surface area contributed by atoms with Gasteiger partial charge in [0.2, 0.25) is 0 Å². The van der Waals surface area contributed by atoms with Crippen molar-refractivity contribution in [2.75, 3.05) is 5.32 Å². The fourth-order valence-electron chi connectivity index (χ4n) is 1.57. The second-order valence-electron chi connectivity index (χ2n) is 3.87. The van der Waals surface area contributed by atoms with E-state index in [1.807, 2.05) is 19.9 Å². The van der Waals surface area contributed by atoms with Crippen LogP contribution in [-0.4, -0.2) is 9.97 Å². The molecule has 84 valence electrons. The maximum atomic E-state index is 8.88. The Morgan fingerprint density at radius 3 is 2.71 bits per heavy atom. The number of pyridine rings is 2. The first-order valence-corrected chi connectivity index (χ1v) is 5.25. The molecular weight excluding hydrogens is 212 g/mol. The van der Waals surface area contributed by atoms with E-state index in [4.69, 9.17) is 5.26 Å². The van der Waals surface area contributed by atoms with E-state index in [0.717, 1.165) is 16.9 Å². The van der Waals surface area contributed by atoms with Gasteiger partial charge in [0.1, 0.15) is 5.82 Å². The zero-order valence-corrected chi connectivity index (χ0v) is 9.73. The molecule has 0 atom stereocenters. The molecule has 0 unspecified atom stereocenters. The first-order chi connectivity index (χ1) is 8.17. The van der Waals surface area contributed by atoms with Gasteiger partial charge in [0.15, 0.2) is 0 Å². The van der Waals surface area contributed by atoms with Gasteiger partial charge < -0.3 is 5.32 Å². The van der Waals surface area contributed by atoms with Gasteiger partial charge in [-0.3, -0.25) is 4.98 Å². The van der Waals surface area contributed by atoms with Gasteiger partial charge in [0, 0.05) is 11.9 Å². The summed E-state index contributed by atoms with van der Waals surface area (Å²) in [5.74, 6) is 0.661. The van der Waals surface area contributed by atoms with Gasteiger partial charge in [0.25, 0.3) is 0 Å². The first-order valence-electron chi connectivity index (χ1n) is 5.25. The Balaban J connectivity index is 2.30. The molecule has 4 heteroatoms. The lowest BCUT2D eigenvalue weighted by Gasteiger charge is -2.06. The van der Waals surface area contributed by atoms with Crippen LogP contribution in [-0.2, 0) is 0 Å². The van der Waals surface area contributed by atoms with E-state index in [1.54, 1.807) is 24.5 Å². The maximum absolute atomic E-state index is 8.88. The monoisotopic (exact) mass is 224 g/mol. The number of aryl methyl sites for hydroxylation is 2. The fourth-order valence-corrected chi connectivity index (χ4v) is 1.57. The lowest BCUT2D eigenvalue weighted by Crippen LogP contribution is -1.97. The Morgan fingerprint density at radius 1 is 1.18 bits per heavy atom. The van der Waals surface area contributed by atoms with Crippen molar-refractivity contribution in [1.82, 2.24) is 9.97 Å². The minimum absolute atomic E-state index is 0.598. The molecule has 0 amide bonds. The van der Waals surface area contributed by atoms with Gasteiger partial charge in [-0.1, -0.05) is 0 Å². The van der Waals surface area contributed by atoms with Gasteiger partial charge in [0.05, 0.1) is 23.5 Å². The normalized spacial score (nSPS) is 9.71. The van der Waals surface area contributed by atoms with Crippen LogP contribution in [0.2, 0.25) is 0 Å². The van der Waals surface area contributed by atoms with Crippen LogP contribution in [0.15, 0.2) is 30.6 Å². The van der Waals surface area contributed by atoms with E-state index >= 15 is 0 Å². The second kappa shape index (κ2) is 4.62. The molecule has 0 bridgehead atoms. The van der Waals surface area contributed by atoms with Crippen LogP contribution in [0.4, 0.5) is 11.5 Å². The fraction of sp³-hybridized carbons (Fsp3) is 0.154. The summed E-state index contributed by atoms with van der Waals surface area (Å²) in [7, 11) is 0. The maximum Gasteiger partial charge on any atom is 0.131 e. The standard InChI is InChI=1S/C13H12N4/c1-9-3-12(8-15-7-9)17-13-5-11(6-14)4-10(2)16-13/h3-5,7-8H,1-2H3,(H,16,17). The molecular formula is C13H12N4. The van der Waals surface area contributed by atoms with E-state index in [2.05, 4.69) is 21.4 Å². The summed E-state index contributed by atoms with van der Waals surface area (Å²) < 4.78 is 0. The molecule has 2 aromatic rings. The highest BCUT2D eigenvalue weighted by Crippen LogP contribution is 2.16. The summed E-state index contributed by atoms with van der Waals surface area (Å²) >= 11 is 0. The SMILES string of the molecule is Cc1cncc(Nc2cc(C#N)cc(C)n2)c1. The summed E-state index contributed by atoms with van der Waals surface area (Å²) in [6.45, 7) is 3.84. The molecule has 0 aliphatic rings. The van der Waals surface area contributed by atoms with Gasteiger partial charge in [-0.25, -0.2) is 4.98 Å². The molecule has 0 saturated heterocycles. The van der Waals surface area contributed by atoms with E-state index < -0.39 is 0 Å². The Labute approximate surface area is 100.0 Å². The highest BCUT2D eigenvalue weighted by atomic mass is 15.0. The second-order valence-corrected chi connectivity index (χ2v) is 3.87. The average Bonchev–Trinajstić information content (AvgIpc) is 2.28. The van der Waals surface area contributed by atoms with Crippen molar-refractivity contribution < 1.29 is 0 Å². The van der Waals surface area contributed by atoms with Crippen molar-refractivity contribution in [1.29, 1.82) is 5.26 Å². The van der Waals surface area contributed by atoms with E-state index in [1.165, 1.54) is 0 Å². The smallest absolute Gasteiger partial charge is 0.131 e. The molecule has 1 N–H and O–H groups in total. The van der Waals surface area contributed by atoms with Crippen LogP contribution < -0.4 is 5.32 Å². The summed E-state index contributed by atoms with van der Waals surface area (Å²) in [5, 5.41) is 12.0. The molecule has 4 nitrogen and oxygen atoms in total. The molecule has 2 aromatic heterocycles. The van der Waals surface area contributed by atoms with Crippen molar-refractivity contribution in [2.24, 2.45) is 0 Å². The topological polar surface area (TPSA) is 61.6 Å². The molecule has 0 spiro atoms. The van der Waals surface area contributed by atoms with Crippen LogP contribution in [0.1, 0.15) is 16.8 Å². The Hall–Kier alpha value is -2.41. The minimum Gasteiger partial charge on any atom is -0.339 e. The Morgan fingerprint density at radius 2 is 2.00 bits per heavy atom. The van der Waals surface area contributed by atoms with Crippen LogP contribution in [0.25, 0.3) is 0 Å². The third-order valence-electron chi connectivity index (χ3n) is 2.23. The number of hydrogen-bond donors (Lipinski definition) is 1. The van der Waals surface area contributed by atoms with E-state index in [0.29, 0.717) is 11.4 Å². The van der Waals surface area contributed by atoms with Crippen LogP contribution in [0, 0.1) is 25.2 Å². The van der Waals surface area contributed by atoms with Crippen LogP contribution in [0.3, 0.4) is 0 Å². The number of rotatable bonds is 2. The molecule has 2 rings (SSSR count). The summed E-state index contributed by atoms with van der Waals surface area (Å²) in [4.78, 5) is 8.41. The Kier molecular flexibility index (Phi) is 3.01. The van der Waals surface area contributed by atoms with Crippen molar-refractivity contribution in [2.45, 2.75) is 13.8 Å². The number of nitrogens with zero attached hydrogens (tertiary/aromatic N) is 3. The molecule has 0 aromatic carbocycles. The predicted molar refractivity (Wildman–Crippen MR) is 65.9 cm³/mol. The van der Waals surface area contributed by atoms with Crippen LogP contribution in [0.5, 0.6) is 0 Å². The highest BCUT2D eigenvalue weighted by Gasteiger charge is 2.01. The molecule has 0 fully saturated rings. The molecule has 2 heterocycles. The van der Waals surface area contributed by atoms with Gasteiger partial charge in [-0.05, 0) is 37.6 Å². The minimum atomic E-state index is 0.598. The number of hydrogen-bond acceptors (Lipinski definition) is 4. The molecule has 0 radical (unpaired) electrons. The number of anilines is 2. The van der Waals surface area contributed by atoms with Gasteiger partial charge in [-0.2, -0.15) is 5.26 Å². The van der Waals surface area contributed by atoms with Crippen molar-refractivity contribution in [3.8, 4) is 6.07 Å². The van der Waals surface area contributed by atoms with Crippen molar-refractivity contribution in [3.05, 3.63) is 47.4 Å². The van der Waals surface area contributed by atoms with Crippen molar-refractivity contribution in [3.63, 3.8) is 0 Å². The molecule has 0 aliphatic heterocycles. The van der Waals surface area contributed by atoms with E-state index in [9.17, 15) is 0 Å². The predicted octanol–water partition coefficient (Wildman–Crippen LogP) is 2.71. The first kappa shape index (κ1) is 11.1. The molecule has 0 saturated carbocycles. The zero-order chi connectivity index (χ0) is 12.3. The Bertz CT molecular complexity index is 584. The average molecular weight is 224 g/mol. The number of nitriles is 1. The summed E-state index contributed by atoms with van der Waals surface area (Å²) in [5.41, 5.74) is 3.35. The summed E-state index contributed by atoms with van der Waals surface area (Å²) in [6.07, 6.45) is 3.51. The lowest BCUT2D eigenvalue weighted by molar-refractivity contribution is 1.18. The third kappa shape index (κ3) is 2.79. The quantitative estimate of drug-likeness (QED) is 0.851. The number of nitrogens with one attached hydrogen (secondary N) is 1. The zero-order valence-electron chi connectivity index (χ0n) is 9.73. The third-order valence-corrected chi connectivity index (χ3v) is 2.23. The van der Waals surface area contributed by atoms with Gasteiger partial charge in [-0.15, -0.1) is 0 Å². The van der Waals surface area contributed by atoms with Crippen molar-refractivity contribution >= 4 is 11.5 Å². The highest BCUT2D eigenvalue weighted by molar-refractivity contribution is 5.57. The van der Waals surface area contributed by atoms with Crippen LogP contribution >= 0.6 is 0 Å². The molecule has 0 aliphatic carbocycles. The summed E-state index contributed by atoms with van der Waals surface area (Å²) in [6, 6.07) is 7.55. The van der Waals surface area contributed by atoms with Gasteiger partial charge >= 0.3 is 0 Å². The van der Waals surface area contributed by atoms with E-state index in [-0.39, 0.29) is 0 Å².